The van der Waals surface area contributed by atoms with Crippen LogP contribution in [0.5, 0.6) is 5.75 Å². The first-order chi connectivity index (χ1) is 12.5. The van der Waals surface area contributed by atoms with Crippen molar-refractivity contribution in [1.29, 1.82) is 0 Å². The lowest BCUT2D eigenvalue weighted by atomic mass is 10.2. The van der Waals surface area contributed by atoms with Crippen LogP contribution in [0.1, 0.15) is 28.9 Å². The lowest BCUT2D eigenvalue weighted by Gasteiger charge is -2.16. The van der Waals surface area contributed by atoms with Crippen LogP contribution in [0.15, 0.2) is 30.5 Å². The molecule has 7 nitrogen and oxygen atoms in total. The second kappa shape index (κ2) is 8.14. The molecule has 3 rings (SSSR count). The molecule has 1 aliphatic heterocycles. The van der Waals surface area contributed by atoms with Crippen LogP contribution in [-0.4, -0.2) is 49.3 Å². The van der Waals surface area contributed by atoms with Gasteiger partial charge >= 0.3 is 0 Å². The first kappa shape index (κ1) is 18.1. The molecule has 0 bridgehead atoms. The molecule has 26 heavy (non-hydrogen) atoms. The van der Waals surface area contributed by atoms with Gasteiger partial charge in [0.05, 0.1) is 23.0 Å². The summed E-state index contributed by atoms with van der Waals surface area (Å²) in [6.07, 6.45) is 3.73. The Labute approximate surface area is 153 Å². The molecule has 1 atom stereocenters. The molecule has 1 fully saturated rings. The van der Waals surface area contributed by atoms with Crippen molar-refractivity contribution in [3.63, 3.8) is 0 Å². The van der Waals surface area contributed by atoms with Crippen molar-refractivity contribution in [3.8, 4) is 5.75 Å². The molecule has 1 amide bonds. The average molecular weight is 356 g/mol. The van der Waals surface area contributed by atoms with Crippen LogP contribution in [-0.2, 0) is 4.74 Å². The van der Waals surface area contributed by atoms with Gasteiger partial charge in [0.25, 0.3) is 5.91 Å². The molecule has 0 spiro atoms. The first-order valence-electron chi connectivity index (χ1n) is 8.70. The van der Waals surface area contributed by atoms with Gasteiger partial charge in [-0.15, -0.1) is 0 Å². The summed E-state index contributed by atoms with van der Waals surface area (Å²) in [4.78, 5) is 23.0. The number of ether oxygens (including phenoxy) is 2. The summed E-state index contributed by atoms with van der Waals surface area (Å²) in [7, 11) is 3.71. The largest absolute Gasteiger partial charge is 0.489 e. The number of hydrogen-bond acceptors (Lipinski definition) is 6. The number of hydrogen-bond donors (Lipinski definition) is 1. The number of anilines is 2. The van der Waals surface area contributed by atoms with E-state index in [1.54, 1.807) is 18.0 Å². The molecule has 1 unspecified atom stereocenters. The Hall–Kier alpha value is -2.67. The summed E-state index contributed by atoms with van der Waals surface area (Å²) in [6.45, 7) is 3.06. The average Bonchev–Trinajstić information content (AvgIpc) is 3.14. The van der Waals surface area contributed by atoms with Crippen molar-refractivity contribution in [2.45, 2.75) is 25.9 Å². The van der Waals surface area contributed by atoms with Crippen LogP contribution in [0.2, 0.25) is 0 Å². The first-order valence-corrected chi connectivity index (χ1v) is 8.70. The Bertz CT molecular complexity index is 773. The lowest BCUT2D eigenvalue weighted by Crippen LogP contribution is -2.19. The van der Waals surface area contributed by atoms with Gasteiger partial charge in [-0.3, -0.25) is 4.79 Å². The van der Waals surface area contributed by atoms with Gasteiger partial charge in [0, 0.05) is 26.9 Å². The molecule has 0 aliphatic carbocycles. The number of carbonyl (C=O) groups is 1. The van der Waals surface area contributed by atoms with E-state index >= 15 is 0 Å². The molecule has 1 saturated heterocycles. The number of carbonyl (C=O) groups excluding carboxylic acids is 1. The number of benzene rings is 1. The van der Waals surface area contributed by atoms with E-state index in [1.807, 2.05) is 38.4 Å². The zero-order valence-corrected chi connectivity index (χ0v) is 15.4. The second-order valence-corrected chi connectivity index (χ2v) is 6.46. The molecule has 2 heterocycles. The van der Waals surface area contributed by atoms with Crippen molar-refractivity contribution >= 4 is 17.5 Å². The Balaban J connectivity index is 1.71. The number of nitrogens with one attached hydrogen (secondary N) is 1. The summed E-state index contributed by atoms with van der Waals surface area (Å²) in [6, 6.07) is 7.38. The fourth-order valence-electron chi connectivity index (χ4n) is 2.74. The monoisotopic (exact) mass is 356 g/mol. The highest BCUT2D eigenvalue weighted by atomic mass is 16.5. The summed E-state index contributed by atoms with van der Waals surface area (Å²) < 4.78 is 11.4. The molecule has 138 valence electrons. The van der Waals surface area contributed by atoms with Crippen LogP contribution in [0, 0.1) is 6.92 Å². The zero-order chi connectivity index (χ0) is 18.5. The van der Waals surface area contributed by atoms with E-state index in [-0.39, 0.29) is 12.0 Å². The molecule has 1 aliphatic rings. The van der Waals surface area contributed by atoms with Crippen molar-refractivity contribution in [1.82, 2.24) is 9.97 Å². The predicted octanol–water partition coefficient (Wildman–Crippen LogP) is 2.66. The van der Waals surface area contributed by atoms with Crippen LogP contribution >= 0.6 is 0 Å². The second-order valence-electron chi connectivity index (χ2n) is 6.46. The smallest absolute Gasteiger partial charge is 0.259 e. The summed E-state index contributed by atoms with van der Waals surface area (Å²) in [5.41, 5.74) is 1.68. The number of nitrogens with zero attached hydrogens (tertiary/aromatic N) is 3. The Morgan fingerprint density at radius 2 is 2.19 bits per heavy atom. The molecular weight excluding hydrogens is 332 g/mol. The van der Waals surface area contributed by atoms with Gasteiger partial charge in [-0.1, -0.05) is 12.1 Å². The number of para-hydroxylation sites is 2. The van der Waals surface area contributed by atoms with Crippen LogP contribution in [0.4, 0.5) is 11.6 Å². The zero-order valence-electron chi connectivity index (χ0n) is 15.4. The molecule has 1 aromatic heterocycles. The number of aryl methyl sites for hydroxylation is 1. The standard InChI is InChI=1S/C19H24N4O3/c1-13-15(11-20-19(21-13)23(2)3)18(24)22-16-8-4-5-9-17(16)26-12-14-7-6-10-25-14/h4-5,8-9,11,14H,6-7,10,12H2,1-3H3,(H,22,24). The SMILES string of the molecule is Cc1nc(N(C)C)ncc1C(=O)Nc1ccccc1OCC1CCCO1. The Morgan fingerprint density at radius 1 is 1.38 bits per heavy atom. The van der Waals surface area contributed by atoms with Crippen molar-refractivity contribution in [2.24, 2.45) is 0 Å². The van der Waals surface area contributed by atoms with E-state index in [0.717, 1.165) is 19.4 Å². The Kier molecular flexibility index (Phi) is 5.68. The quantitative estimate of drug-likeness (QED) is 0.857. The molecular formula is C19H24N4O3. The van der Waals surface area contributed by atoms with E-state index in [4.69, 9.17) is 9.47 Å². The molecule has 1 N–H and O–H groups in total. The van der Waals surface area contributed by atoms with Crippen molar-refractivity contribution < 1.29 is 14.3 Å². The lowest BCUT2D eigenvalue weighted by molar-refractivity contribution is 0.0682. The molecule has 2 aromatic rings. The van der Waals surface area contributed by atoms with Gasteiger partial charge in [0.15, 0.2) is 0 Å². The maximum Gasteiger partial charge on any atom is 0.259 e. The molecule has 0 radical (unpaired) electrons. The third-order valence-electron chi connectivity index (χ3n) is 4.20. The molecule has 1 aromatic carbocycles. The summed E-state index contributed by atoms with van der Waals surface area (Å²) in [5, 5.41) is 2.89. The minimum absolute atomic E-state index is 0.118. The van der Waals surface area contributed by atoms with Crippen molar-refractivity contribution in [2.75, 3.05) is 37.5 Å². The minimum atomic E-state index is -0.263. The van der Waals surface area contributed by atoms with E-state index in [9.17, 15) is 4.79 Å². The third-order valence-corrected chi connectivity index (χ3v) is 4.20. The predicted molar refractivity (Wildman–Crippen MR) is 100.0 cm³/mol. The maximum atomic E-state index is 12.6. The van der Waals surface area contributed by atoms with Gasteiger partial charge in [-0.05, 0) is 31.9 Å². The van der Waals surface area contributed by atoms with E-state index in [0.29, 0.717) is 35.2 Å². The molecule has 0 saturated carbocycles. The fraction of sp³-hybridized carbons (Fsp3) is 0.421. The highest BCUT2D eigenvalue weighted by Gasteiger charge is 2.18. The van der Waals surface area contributed by atoms with Gasteiger partial charge in [0.1, 0.15) is 12.4 Å². The van der Waals surface area contributed by atoms with Gasteiger partial charge < -0.3 is 19.7 Å². The highest BCUT2D eigenvalue weighted by molar-refractivity contribution is 6.05. The summed E-state index contributed by atoms with van der Waals surface area (Å²) in [5.74, 6) is 0.931. The van der Waals surface area contributed by atoms with E-state index in [2.05, 4.69) is 15.3 Å². The van der Waals surface area contributed by atoms with E-state index < -0.39 is 0 Å². The molecule has 7 heteroatoms. The van der Waals surface area contributed by atoms with Crippen LogP contribution in [0.3, 0.4) is 0 Å². The van der Waals surface area contributed by atoms with Gasteiger partial charge in [-0.2, -0.15) is 0 Å². The normalized spacial score (nSPS) is 16.3. The van der Waals surface area contributed by atoms with Gasteiger partial charge in [-0.25, -0.2) is 9.97 Å². The number of aromatic nitrogens is 2. The topological polar surface area (TPSA) is 76.6 Å². The highest BCUT2D eigenvalue weighted by Crippen LogP contribution is 2.26. The minimum Gasteiger partial charge on any atom is -0.489 e. The number of amides is 1. The van der Waals surface area contributed by atoms with Crippen molar-refractivity contribution in [3.05, 3.63) is 41.7 Å². The Morgan fingerprint density at radius 3 is 2.88 bits per heavy atom. The van der Waals surface area contributed by atoms with Crippen LogP contribution in [0.25, 0.3) is 0 Å². The van der Waals surface area contributed by atoms with Gasteiger partial charge in [0.2, 0.25) is 5.95 Å². The van der Waals surface area contributed by atoms with Crippen LogP contribution < -0.4 is 15.0 Å². The fourth-order valence-corrected chi connectivity index (χ4v) is 2.74. The van der Waals surface area contributed by atoms with E-state index in [1.165, 1.54) is 0 Å². The maximum absolute atomic E-state index is 12.6. The number of rotatable bonds is 6. The third kappa shape index (κ3) is 4.29. The summed E-state index contributed by atoms with van der Waals surface area (Å²) >= 11 is 0.